The zero-order valence-corrected chi connectivity index (χ0v) is 12.0. The largest absolute Gasteiger partial charge is 0.368 e. The Bertz CT molecular complexity index is 436. The van der Waals surface area contributed by atoms with Gasteiger partial charge in [0.25, 0.3) is 0 Å². The molecule has 1 amide bonds. The molecule has 1 saturated carbocycles. The van der Waals surface area contributed by atoms with Crippen molar-refractivity contribution in [3.63, 3.8) is 0 Å². The molecule has 1 aromatic rings. The second-order valence-corrected chi connectivity index (χ2v) is 6.62. The summed E-state index contributed by atoms with van der Waals surface area (Å²) in [6.07, 6.45) is 1.20. The lowest BCUT2D eigenvalue weighted by atomic mass is 9.86. The summed E-state index contributed by atoms with van der Waals surface area (Å²) in [5.41, 5.74) is 6.74. The fourth-order valence-corrected chi connectivity index (χ4v) is 2.68. The van der Waals surface area contributed by atoms with Crippen LogP contribution in [-0.2, 0) is 4.79 Å². The minimum Gasteiger partial charge on any atom is -0.368 e. The molecule has 0 aliphatic heterocycles. The van der Waals surface area contributed by atoms with E-state index in [1.807, 2.05) is 26.8 Å². The van der Waals surface area contributed by atoms with Gasteiger partial charge >= 0.3 is 0 Å². The molecule has 0 unspecified atom stereocenters. The van der Waals surface area contributed by atoms with Crippen LogP contribution < -0.4 is 11.1 Å². The molecule has 2 rings (SSSR count). The van der Waals surface area contributed by atoms with Crippen molar-refractivity contribution in [2.45, 2.75) is 39.2 Å². The first-order chi connectivity index (χ1) is 8.89. The topological polar surface area (TPSA) is 55.1 Å². The van der Waals surface area contributed by atoms with E-state index in [-0.39, 0.29) is 17.4 Å². The zero-order chi connectivity index (χ0) is 14.0. The Kier molecular flexibility index (Phi) is 3.95. The quantitative estimate of drug-likeness (QED) is 0.853. The molecule has 0 radical (unpaired) electrons. The molecule has 19 heavy (non-hydrogen) atoms. The SMILES string of the molecule is CC(C)(C)[C@H](NC[C@H]1C[C@H]1c1ccccc1)C(N)=O. The van der Waals surface area contributed by atoms with Crippen LogP contribution in [-0.4, -0.2) is 18.5 Å². The summed E-state index contributed by atoms with van der Waals surface area (Å²) in [6.45, 7) is 6.98. The molecule has 1 aliphatic carbocycles. The van der Waals surface area contributed by atoms with Gasteiger partial charge in [-0.1, -0.05) is 51.1 Å². The van der Waals surface area contributed by atoms with Crippen LogP contribution >= 0.6 is 0 Å². The van der Waals surface area contributed by atoms with Crippen molar-refractivity contribution in [3.8, 4) is 0 Å². The number of carbonyl (C=O) groups is 1. The molecule has 3 heteroatoms. The smallest absolute Gasteiger partial charge is 0.235 e. The standard InChI is InChI=1S/C16H24N2O/c1-16(2,3)14(15(17)19)18-10-12-9-13(12)11-7-5-4-6-8-11/h4-8,12-14,18H,9-10H2,1-3H3,(H2,17,19)/t12-,13+,14-/m1/s1. The van der Waals surface area contributed by atoms with Gasteiger partial charge in [0.2, 0.25) is 5.91 Å². The summed E-state index contributed by atoms with van der Waals surface area (Å²) < 4.78 is 0. The fourth-order valence-electron chi connectivity index (χ4n) is 2.68. The van der Waals surface area contributed by atoms with Gasteiger partial charge in [-0.2, -0.15) is 0 Å². The lowest BCUT2D eigenvalue weighted by molar-refractivity contribution is -0.122. The first-order valence-corrected chi connectivity index (χ1v) is 6.97. The van der Waals surface area contributed by atoms with Crippen LogP contribution in [0, 0.1) is 11.3 Å². The van der Waals surface area contributed by atoms with Gasteiger partial charge in [0, 0.05) is 0 Å². The number of nitrogens with one attached hydrogen (secondary N) is 1. The Hall–Kier alpha value is -1.35. The third kappa shape index (κ3) is 3.57. The number of carbonyl (C=O) groups excluding carboxylic acids is 1. The molecule has 0 saturated heterocycles. The minimum absolute atomic E-state index is 0.136. The summed E-state index contributed by atoms with van der Waals surface area (Å²) in [5, 5.41) is 3.35. The number of hydrogen-bond donors (Lipinski definition) is 2. The van der Waals surface area contributed by atoms with Crippen LogP contribution in [0.3, 0.4) is 0 Å². The van der Waals surface area contributed by atoms with E-state index < -0.39 is 0 Å². The third-order valence-corrected chi connectivity index (χ3v) is 3.89. The lowest BCUT2D eigenvalue weighted by Crippen LogP contribution is -2.50. The number of amides is 1. The van der Waals surface area contributed by atoms with Gasteiger partial charge in [-0.3, -0.25) is 4.79 Å². The van der Waals surface area contributed by atoms with Gasteiger partial charge in [0.05, 0.1) is 6.04 Å². The van der Waals surface area contributed by atoms with Gasteiger partial charge < -0.3 is 11.1 Å². The van der Waals surface area contributed by atoms with Crippen LogP contribution in [0.2, 0.25) is 0 Å². The summed E-state index contributed by atoms with van der Waals surface area (Å²) in [6, 6.07) is 10.3. The molecule has 0 spiro atoms. The first-order valence-electron chi connectivity index (χ1n) is 6.97. The van der Waals surface area contributed by atoms with Gasteiger partial charge in [-0.25, -0.2) is 0 Å². The number of hydrogen-bond acceptors (Lipinski definition) is 2. The second kappa shape index (κ2) is 5.33. The Morgan fingerprint density at radius 2 is 2.00 bits per heavy atom. The van der Waals surface area contributed by atoms with Crippen molar-refractivity contribution in [2.24, 2.45) is 17.1 Å². The number of rotatable bonds is 5. The lowest BCUT2D eigenvalue weighted by Gasteiger charge is -2.29. The van der Waals surface area contributed by atoms with Gasteiger partial charge in [0.1, 0.15) is 0 Å². The van der Waals surface area contributed by atoms with Crippen LogP contribution in [0.4, 0.5) is 0 Å². The van der Waals surface area contributed by atoms with Crippen molar-refractivity contribution in [1.29, 1.82) is 0 Å². The number of benzene rings is 1. The molecule has 3 N–H and O–H groups in total. The summed E-state index contributed by atoms with van der Waals surface area (Å²) >= 11 is 0. The third-order valence-electron chi connectivity index (χ3n) is 3.89. The molecule has 0 aromatic heterocycles. The van der Waals surface area contributed by atoms with E-state index in [1.165, 1.54) is 12.0 Å². The summed E-state index contributed by atoms with van der Waals surface area (Å²) in [5.74, 6) is 1.01. The highest BCUT2D eigenvalue weighted by Gasteiger charge is 2.39. The number of primary amides is 1. The maximum absolute atomic E-state index is 11.5. The molecule has 1 fully saturated rings. The van der Waals surface area contributed by atoms with Crippen LogP contribution in [0.25, 0.3) is 0 Å². The van der Waals surface area contributed by atoms with Crippen LogP contribution in [0.15, 0.2) is 30.3 Å². The predicted molar refractivity (Wildman–Crippen MR) is 77.7 cm³/mol. The van der Waals surface area contributed by atoms with Crippen molar-refractivity contribution < 1.29 is 4.79 Å². The maximum Gasteiger partial charge on any atom is 0.235 e. The molecule has 3 atom stereocenters. The molecule has 3 nitrogen and oxygen atoms in total. The van der Waals surface area contributed by atoms with E-state index in [2.05, 4.69) is 29.6 Å². The van der Waals surface area contributed by atoms with E-state index >= 15 is 0 Å². The zero-order valence-electron chi connectivity index (χ0n) is 12.0. The van der Waals surface area contributed by atoms with Gasteiger partial charge in [-0.15, -0.1) is 0 Å². The van der Waals surface area contributed by atoms with Gasteiger partial charge in [-0.05, 0) is 35.8 Å². The Labute approximate surface area is 115 Å². The molecule has 1 aromatic carbocycles. The fraction of sp³-hybridized carbons (Fsp3) is 0.562. The Morgan fingerprint density at radius 3 is 2.53 bits per heavy atom. The maximum atomic E-state index is 11.5. The molecular formula is C16H24N2O. The van der Waals surface area contributed by atoms with E-state index in [0.29, 0.717) is 11.8 Å². The highest BCUT2D eigenvalue weighted by atomic mass is 16.1. The van der Waals surface area contributed by atoms with E-state index in [4.69, 9.17) is 5.73 Å². The molecule has 1 aliphatic rings. The van der Waals surface area contributed by atoms with E-state index in [1.54, 1.807) is 0 Å². The second-order valence-electron chi connectivity index (χ2n) is 6.62. The molecule has 104 valence electrons. The van der Waals surface area contributed by atoms with Crippen molar-refractivity contribution in [3.05, 3.63) is 35.9 Å². The molecule has 0 bridgehead atoms. The summed E-state index contributed by atoms with van der Waals surface area (Å²) in [7, 11) is 0. The Balaban J connectivity index is 1.86. The van der Waals surface area contributed by atoms with Gasteiger partial charge in [0.15, 0.2) is 0 Å². The average Bonchev–Trinajstić information content (AvgIpc) is 3.08. The highest BCUT2D eigenvalue weighted by Crippen LogP contribution is 2.46. The molecular weight excluding hydrogens is 236 g/mol. The minimum atomic E-state index is -0.260. The predicted octanol–water partition coefficient (Wildman–Crippen LogP) is 2.28. The van der Waals surface area contributed by atoms with E-state index in [9.17, 15) is 4.79 Å². The van der Waals surface area contributed by atoms with Crippen molar-refractivity contribution in [2.75, 3.05) is 6.54 Å². The first kappa shape index (κ1) is 14.1. The summed E-state index contributed by atoms with van der Waals surface area (Å²) in [4.78, 5) is 11.5. The Morgan fingerprint density at radius 1 is 1.37 bits per heavy atom. The highest BCUT2D eigenvalue weighted by molar-refractivity contribution is 5.80. The van der Waals surface area contributed by atoms with Crippen molar-refractivity contribution in [1.82, 2.24) is 5.32 Å². The van der Waals surface area contributed by atoms with E-state index in [0.717, 1.165) is 6.54 Å². The monoisotopic (exact) mass is 260 g/mol. The molecule has 0 heterocycles. The average molecular weight is 260 g/mol. The number of nitrogens with two attached hydrogens (primary N) is 1. The van der Waals surface area contributed by atoms with Crippen LogP contribution in [0.1, 0.15) is 38.7 Å². The van der Waals surface area contributed by atoms with Crippen LogP contribution in [0.5, 0.6) is 0 Å². The normalized spacial score (nSPS) is 23.9. The van der Waals surface area contributed by atoms with Crippen molar-refractivity contribution >= 4 is 5.91 Å².